The Hall–Kier alpha value is -1.40. The molecule has 0 aromatic carbocycles. The summed E-state index contributed by atoms with van der Waals surface area (Å²) in [6, 6.07) is 3.91. The molecule has 6 heteroatoms. The Balaban J connectivity index is 1.89. The van der Waals surface area contributed by atoms with Crippen LogP contribution >= 0.6 is 24.0 Å². The van der Waals surface area contributed by atoms with Crippen molar-refractivity contribution in [3.63, 3.8) is 0 Å². The number of thiocarbonyl (C=S) groups is 1. The molecule has 0 aliphatic carbocycles. The van der Waals surface area contributed by atoms with Crippen molar-refractivity contribution in [2.24, 2.45) is 5.73 Å². The highest BCUT2D eigenvalue weighted by Gasteiger charge is 2.21. The summed E-state index contributed by atoms with van der Waals surface area (Å²) in [5, 5.41) is 0. The molecule has 2 heterocycles. The van der Waals surface area contributed by atoms with Gasteiger partial charge in [-0.15, -0.1) is 0 Å². The molecule has 1 aromatic heterocycles. The summed E-state index contributed by atoms with van der Waals surface area (Å²) in [5.74, 6) is -0.299. The van der Waals surface area contributed by atoms with Gasteiger partial charge in [-0.3, -0.25) is 4.79 Å². The van der Waals surface area contributed by atoms with Crippen LogP contribution in [0.15, 0.2) is 36.2 Å². The molecular weight excluding hydrogens is 338 g/mol. The fraction of sp³-hybridized carbons (Fsp3) is 0.500. The van der Waals surface area contributed by atoms with Crippen molar-refractivity contribution >= 4 is 34.2 Å². The molecule has 0 saturated heterocycles. The van der Waals surface area contributed by atoms with Gasteiger partial charge in [0.05, 0.1) is 6.42 Å². The fourth-order valence-electron chi connectivity index (χ4n) is 2.49. The van der Waals surface area contributed by atoms with Crippen LogP contribution in [-0.2, 0) is 17.8 Å². The first-order chi connectivity index (χ1) is 11.2. The van der Waals surface area contributed by atoms with Crippen LogP contribution in [0.3, 0.4) is 0 Å². The SMILES string of the molecule is CC(C)(C)SC(=S)N1CC=C(C[n+]2ccc(CC(N)=O)cc2)CC1. The predicted molar refractivity (Wildman–Crippen MR) is 104 cm³/mol. The van der Waals surface area contributed by atoms with E-state index in [1.807, 2.05) is 24.5 Å². The number of carbonyl (C=O) groups excluding carboxylic acids is 1. The van der Waals surface area contributed by atoms with Crippen LogP contribution in [0.2, 0.25) is 0 Å². The lowest BCUT2D eigenvalue weighted by Crippen LogP contribution is -2.38. The van der Waals surface area contributed by atoms with Gasteiger partial charge in [0.15, 0.2) is 18.9 Å². The van der Waals surface area contributed by atoms with Gasteiger partial charge >= 0.3 is 0 Å². The topological polar surface area (TPSA) is 50.2 Å². The maximum absolute atomic E-state index is 10.9. The zero-order chi connectivity index (χ0) is 17.7. The number of rotatable bonds is 4. The minimum Gasteiger partial charge on any atom is -0.369 e. The van der Waals surface area contributed by atoms with E-state index in [2.05, 4.69) is 36.3 Å². The summed E-state index contributed by atoms with van der Waals surface area (Å²) in [7, 11) is 0. The highest BCUT2D eigenvalue weighted by atomic mass is 32.2. The van der Waals surface area contributed by atoms with Gasteiger partial charge in [-0.25, -0.2) is 4.57 Å². The lowest BCUT2D eigenvalue weighted by Gasteiger charge is -2.30. The van der Waals surface area contributed by atoms with Crippen molar-refractivity contribution in [1.29, 1.82) is 0 Å². The van der Waals surface area contributed by atoms with Crippen molar-refractivity contribution in [3.8, 4) is 0 Å². The van der Waals surface area contributed by atoms with Crippen LogP contribution in [0, 0.1) is 0 Å². The summed E-state index contributed by atoms with van der Waals surface area (Å²) in [5.41, 5.74) is 7.59. The highest BCUT2D eigenvalue weighted by molar-refractivity contribution is 8.23. The summed E-state index contributed by atoms with van der Waals surface area (Å²) in [6.45, 7) is 9.31. The molecule has 1 aromatic rings. The molecule has 2 N–H and O–H groups in total. The smallest absolute Gasteiger partial charge is 0.221 e. The zero-order valence-corrected chi connectivity index (χ0v) is 16.3. The van der Waals surface area contributed by atoms with Gasteiger partial charge in [-0.05, 0) is 17.6 Å². The quantitative estimate of drug-likeness (QED) is 0.506. The first-order valence-electron chi connectivity index (χ1n) is 8.15. The van der Waals surface area contributed by atoms with E-state index in [0.29, 0.717) is 6.42 Å². The van der Waals surface area contributed by atoms with Crippen LogP contribution in [-0.4, -0.2) is 33.0 Å². The normalized spacial score (nSPS) is 15.1. The van der Waals surface area contributed by atoms with E-state index in [1.54, 1.807) is 11.8 Å². The van der Waals surface area contributed by atoms with Gasteiger partial charge in [0.2, 0.25) is 5.91 Å². The van der Waals surface area contributed by atoms with Gasteiger partial charge in [0.1, 0.15) is 4.32 Å². The first kappa shape index (κ1) is 18.9. The second-order valence-electron chi connectivity index (χ2n) is 7.06. The molecule has 1 aliphatic rings. The minimum absolute atomic E-state index is 0.156. The van der Waals surface area contributed by atoms with Crippen molar-refractivity contribution in [1.82, 2.24) is 4.90 Å². The molecule has 130 valence electrons. The third kappa shape index (κ3) is 6.24. The van der Waals surface area contributed by atoms with Gasteiger partial charge < -0.3 is 10.6 Å². The molecule has 0 fully saturated rings. The molecule has 24 heavy (non-hydrogen) atoms. The van der Waals surface area contributed by atoms with Crippen LogP contribution in [0.5, 0.6) is 0 Å². The van der Waals surface area contributed by atoms with Gasteiger partial charge in [-0.1, -0.05) is 50.8 Å². The van der Waals surface area contributed by atoms with Crippen molar-refractivity contribution in [3.05, 3.63) is 41.7 Å². The van der Waals surface area contributed by atoms with E-state index in [4.69, 9.17) is 18.0 Å². The molecule has 2 rings (SSSR count). The fourth-order valence-corrected chi connectivity index (χ4v) is 4.23. The maximum Gasteiger partial charge on any atom is 0.221 e. The monoisotopic (exact) mass is 364 g/mol. The van der Waals surface area contributed by atoms with Crippen LogP contribution < -0.4 is 10.3 Å². The number of hydrogen-bond donors (Lipinski definition) is 1. The second-order valence-corrected chi connectivity index (χ2v) is 9.52. The standard InChI is InChI=1S/C18H25N3OS2/c1-18(2,3)24-17(23)21-10-6-15(7-11-21)13-20-8-4-14(5-9-20)12-16(19)22/h4-6,8-9H,7,10-13H2,1-3H3,(H-,19,22)/p+1. The van der Waals surface area contributed by atoms with E-state index in [9.17, 15) is 4.79 Å². The summed E-state index contributed by atoms with van der Waals surface area (Å²) < 4.78 is 3.28. The number of pyridine rings is 1. The molecule has 0 atom stereocenters. The number of aromatic nitrogens is 1. The Morgan fingerprint density at radius 1 is 1.38 bits per heavy atom. The maximum atomic E-state index is 10.9. The van der Waals surface area contributed by atoms with E-state index < -0.39 is 0 Å². The minimum atomic E-state index is -0.299. The molecule has 0 saturated carbocycles. The number of hydrogen-bond acceptors (Lipinski definition) is 3. The highest BCUT2D eigenvalue weighted by Crippen LogP contribution is 2.27. The number of primary amides is 1. The van der Waals surface area contributed by atoms with Crippen LogP contribution in [0.1, 0.15) is 32.8 Å². The van der Waals surface area contributed by atoms with Crippen molar-refractivity contribution < 1.29 is 9.36 Å². The number of thioether (sulfide) groups is 1. The van der Waals surface area contributed by atoms with E-state index in [-0.39, 0.29) is 10.7 Å². The number of carbonyl (C=O) groups is 1. The van der Waals surface area contributed by atoms with Crippen LogP contribution in [0.4, 0.5) is 0 Å². The number of nitrogens with zero attached hydrogens (tertiary/aromatic N) is 2. The molecule has 1 aliphatic heterocycles. The molecule has 4 nitrogen and oxygen atoms in total. The third-order valence-corrected chi connectivity index (χ3v) is 5.23. The lowest BCUT2D eigenvalue weighted by molar-refractivity contribution is -0.689. The lowest BCUT2D eigenvalue weighted by atomic mass is 10.1. The van der Waals surface area contributed by atoms with Crippen molar-refractivity contribution in [2.45, 2.75) is 44.9 Å². The van der Waals surface area contributed by atoms with Gasteiger partial charge in [-0.2, -0.15) is 0 Å². The van der Waals surface area contributed by atoms with Gasteiger partial charge in [0.25, 0.3) is 0 Å². The average Bonchev–Trinajstić information content (AvgIpc) is 2.48. The Labute approximate surface area is 154 Å². The zero-order valence-electron chi connectivity index (χ0n) is 14.6. The first-order valence-corrected chi connectivity index (χ1v) is 9.37. The molecule has 1 amide bonds. The van der Waals surface area contributed by atoms with E-state index in [1.165, 1.54) is 5.57 Å². The Kier molecular flexibility index (Phi) is 6.40. The Bertz CT molecular complexity index is 633. The molecule has 0 unspecified atom stereocenters. The summed E-state index contributed by atoms with van der Waals surface area (Å²) in [6.07, 6.45) is 7.61. The molecule has 0 radical (unpaired) electrons. The number of nitrogens with two attached hydrogens (primary N) is 1. The second kappa shape index (κ2) is 8.12. The third-order valence-electron chi connectivity index (χ3n) is 3.68. The molecule has 0 spiro atoms. The van der Waals surface area contributed by atoms with E-state index in [0.717, 1.165) is 35.9 Å². The van der Waals surface area contributed by atoms with Crippen LogP contribution in [0.25, 0.3) is 0 Å². The Morgan fingerprint density at radius 3 is 2.54 bits per heavy atom. The van der Waals surface area contributed by atoms with Gasteiger partial charge in [0, 0.05) is 30.0 Å². The average molecular weight is 365 g/mol. The van der Waals surface area contributed by atoms with Crippen molar-refractivity contribution in [2.75, 3.05) is 13.1 Å². The predicted octanol–water partition coefficient (Wildman–Crippen LogP) is 2.45. The summed E-state index contributed by atoms with van der Waals surface area (Å²) in [4.78, 5) is 13.2. The molecule has 0 bridgehead atoms. The Morgan fingerprint density at radius 2 is 2.04 bits per heavy atom. The summed E-state index contributed by atoms with van der Waals surface area (Å²) >= 11 is 7.32. The van der Waals surface area contributed by atoms with E-state index >= 15 is 0 Å². The molecular formula is C18H26N3OS2+. The number of amides is 1. The largest absolute Gasteiger partial charge is 0.369 e.